The first-order valence-electron chi connectivity index (χ1n) is 9.69. The van der Waals surface area contributed by atoms with Crippen LogP contribution in [0.2, 0.25) is 0 Å². The van der Waals surface area contributed by atoms with E-state index in [9.17, 15) is 9.59 Å². The highest BCUT2D eigenvalue weighted by Crippen LogP contribution is 2.18. The first-order valence-corrected chi connectivity index (χ1v) is 9.69. The van der Waals surface area contributed by atoms with Crippen LogP contribution in [0.15, 0.2) is 78.9 Å². The maximum atomic E-state index is 13.2. The van der Waals surface area contributed by atoms with Gasteiger partial charge in [0, 0.05) is 23.4 Å². The summed E-state index contributed by atoms with van der Waals surface area (Å²) < 4.78 is 5.14. The first kappa shape index (κ1) is 21.6. The standard InChI is InChI=1S/C24H24N4O3/c1-31-21-12-10-17(11-13-21)15-27-22(29)16-28(20-8-3-2-4-9-20)24(30)19-7-5-6-18(14-19)23(25)26/h2-14H,15-16H2,1H3,(H3,25,26)(H,27,29). The number of ether oxygens (including phenoxy) is 1. The van der Waals surface area contributed by atoms with Crippen LogP contribution in [0.25, 0.3) is 0 Å². The molecule has 0 spiro atoms. The molecule has 0 radical (unpaired) electrons. The van der Waals surface area contributed by atoms with Gasteiger partial charge in [-0.2, -0.15) is 0 Å². The number of nitrogens with one attached hydrogen (secondary N) is 2. The number of benzene rings is 3. The summed E-state index contributed by atoms with van der Waals surface area (Å²) in [5.74, 6) is -0.0356. The van der Waals surface area contributed by atoms with Crippen molar-refractivity contribution >= 4 is 23.3 Å². The zero-order chi connectivity index (χ0) is 22.2. The molecule has 0 aliphatic carbocycles. The predicted octanol–water partition coefficient (Wildman–Crippen LogP) is 2.94. The van der Waals surface area contributed by atoms with Crippen molar-refractivity contribution in [2.24, 2.45) is 5.73 Å². The Kier molecular flexibility index (Phi) is 7.01. The molecule has 0 saturated carbocycles. The van der Waals surface area contributed by atoms with Crippen LogP contribution in [0.1, 0.15) is 21.5 Å². The third-order valence-electron chi connectivity index (χ3n) is 4.68. The van der Waals surface area contributed by atoms with Gasteiger partial charge < -0.3 is 15.8 Å². The Balaban J connectivity index is 1.76. The molecule has 0 aromatic heterocycles. The predicted molar refractivity (Wildman–Crippen MR) is 120 cm³/mol. The van der Waals surface area contributed by atoms with Gasteiger partial charge in [-0.15, -0.1) is 0 Å². The molecule has 3 aromatic rings. The highest BCUT2D eigenvalue weighted by atomic mass is 16.5. The van der Waals surface area contributed by atoms with Gasteiger partial charge in [0.1, 0.15) is 18.1 Å². The van der Waals surface area contributed by atoms with Crippen LogP contribution in [0.3, 0.4) is 0 Å². The molecule has 2 amide bonds. The van der Waals surface area contributed by atoms with E-state index in [0.29, 0.717) is 23.4 Å². The Bertz CT molecular complexity index is 1070. The lowest BCUT2D eigenvalue weighted by molar-refractivity contribution is -0.119. The van der Waals surface area contributed by atoms with Gasteiger partial charge >= 0.3 is 0 Å². The zero-order valence-electron chi connectivity index (χ0n) is 17.2. The Morgan fingerprint density at radius 2 is 1.65 bits per heavy atom. The van der Waals surface area contributed by atoms with Crippen LogP contribution < -0.4 is 20.7 Å². The van der Waals surface area contributed by atoms with Crippen LogP contribution in [-0.4, -0.2) is 31.3 Å². The van der Waals surface area contributed by atoms with E-state index in [1.54, 1.807) is 55.6 Å². The molecule has 158 valence electrons. The van der Waals surface area contributed by atoms with E-state index in [-0.39, 0.29) is 24.2 Å². The summed E-state index contributed by atoms with van der Waals surface area (Å²) in [4.78, 5) is 27.3. The number of nitrogens with two attached hydrogens (primary N) is 1. The number of hydrogen-bond acceptors (Lipinski definition) is 4. The van der Waals surface area contributed by atoms with Crippen molar-refractivity contribution in [1.29, 1.82) is 5.41 Å². The molecule has 0 bridgehead atoms. The van der Waals surface area contributed by atoms with Crippen LogP contribution >= 0.6 is 0 Å². The van der Waals surface area contributed by atoms with E-state index >= 15 is 0 Å². The SMILES string of the molecule is COc1ccc(CNC(=O)CN(C(=O)c2cccc(C(=N)N)c2)c2ccccc2)cc1. The number of para-hydroxylation sites is 1. The first-order chi connectivity index (χ1) is 15.0. The highest BCUT2D eigenvalue weighted by molar-refractivity contribution is 6.10. The summed E-state index contributed by atoms with van der Waals surface area (Å²) in [7, 11) is 1.60. The minimum atomic E-state index is -0.353. The number of methoxy groups -OCH3 is 1. The molecule has 0 saturated heterocycles. The number of rotatable bonds is 8. The quantitative estimate of drug-likeness (QED) is 0.387. The molecule has 0 fully saturated rings. The minimum Gasteiger partial charge on any atom is -0.497 e. The van der Waals surface area contributed by atoms with E-state index in [0.717, 1.165) is 11.3 Å². The van der Waals surface area contributed by atoms with Crippen molar-refractivity contribution in [3.8, 4) is 5.75 Å². The number of hydrogen-bond donors (Lipinski definition) is 3. The number of nitrogens with zero attached hydrogens (tertiary/aromatic N) is 1. The molecular formula is C24H24N4O3. The molecule has 0 atom stereocenters. The second-order valence-corrected chi connectivity index (χ2v) is 6.85. The maximum absolute atomic E-state index is 13.2. The molecule has 0 unspecified atom stereocenters. The molecule has 4 N–H and O–H groups in total. The second kappa shape index (κ2) is 10.1. The molecule has 0 aliphatic rings. The van der Waals surface area contributed by atoms with Crippen molar-refractivity contribution in [3.05, 3.63) is 95.6 Å². The third kappa shape index (κ3) is 5.70. The third-order valence-corrected chi connectivity index (χ3v) is 4.68. The second-order valence-electron chi connectivity index (χ2n) is 6.85. The van der Waals surface area contributed by atoms with Crippen molar-refractivity contribution in [2.75, 3.05) is 18.6 Å². The van der Waals surface area contributed by atoms with Gasteiger partial charge in [0.15, 0.2) is 0 Å². The van der Waals surface area contributed by atoms with Crippen LogP contribution in [-0.2, 0) is 11.3 Å². The lowest BCUT2D eigenvalue weighted by Crippen LogP contribution is -2.40. The number of carbonyl (C=O) groups is 2. The Hall–Kier alpha value is -4.13. The van der Waals surface area contributed by atoms with E-state index in [2.05, 4.69) is 5.32 Å². The van der Waals surface area contributed by atoms with Crippen LogP contribution in [0.4, 0.5) is 5.69 Å². The normalized spacial score (nSPS) is 10.2. The number of amides is 2. The van der Waals surface area contributed by atoms with Gasteiger partial charge in [-0.05, 0) is 42.0 Å². The lowest BCUT2D eigenvalue weighted by Gasteiger charge is -2.23. The number of amidine groups is 1. The number of anilines is 1. The largest absolute Gasteiger partial charge is 0.497 e. The molecule has 31 heavy (non-hydrogen) atoms. The average molecular weight is 416 g/mol. The van der Waals surface area contributed by atoms with Crippen molar-refractivity contribution in [3.63, 3.8) is 0 Å². The summed E-state index contributed by atoms with van der Waals surface area (Å²) >= 11 is 0. The summed E-state index contributed by atoms with van der Waals surface area (Å²) in [5.41, 5.74) is 7.86. The van der Waals surface area contributed by atoms with Gasteiger partial charge in [0.25, 0.3) is 5.91 Å². The smallest absolute Gasteiger partial charge is 0.258 e. The summed E-state index contributed by atoms with van der Waals surface area (Å²) in [6.45, 7) is 0.183. The number of carbonyl (C=O) groups excluding carboxylic acids is 2. The maximum Gasteiger partial charge on any atom is 0.258 e. The van der Waals surface area contributed by atoms with E-state index < -0.39 is 0 Å². The van der Waals surface area contributed by atoms with Crippen LogP contribution in [0, 0.1) is 5.41 Å². The molecule has 7 heteroatoms. The van der Waals surface area contributed by atoms with Gasteiger partial charge in [0.05, 0.1) is 7.11 Å². The molecule has 0 aliphatic heterocycles. The fourth-order valence-corrected chi connectivity index (χ4v) is 3.01. The molecule has 7 nitrogen and oxygen atoms in total. The zero-order valence-corrected chi connectivity index (χ0v) is 17.2. The Morgan fingerprint density at radius 3 is 2.29 bits per heavy atom. The number of nitrogen functional groups attached to an aromatic ring is 1. The van der Waals surface area contributed by atoms with Crippen molar-refractivity contribution in [1.82, 2.24) is 5.32 Å². The van der Waals surface area contributed by atoms with E-state index in [1.807, 2.05) is 30.3 Å². The van der Waals surface area contributed by atoms with E-state index in [4.69, 9.17) is 15.9 Å². The summed E-state index contributed by atoms with van der Waals surface area (Å²) in [6, 6.07) is 22.9. The molecule has 3 aromatic carbocycles. The van der Waals surface area contributed by atoms with Gasteiger partial charge in [-0.1, -0.05) is 42.5 Å². The monoisotopic (exact) mass is 416 g/mol. The van der Waals surface area contributed by atoms with Gasteiger partial charge in [-0.3, -0.25) is 19.9 Å². The van der Waals surface area contributed by atoms with Gasteiger partial charge in [-0.25, -0.2) is 0 Å². The minimum absolute atomic E-state index is 0.127. The molecule has 3 rings (SSSR count). The van der Waals surface area contributed by atoms with Crippen LogP contribution in [0.5, 0.6) is 5.75 Å². The van der Waals surface area contributed by atoms with Crippen molar-refractivity contribution in [2.45, 2.75) is 6.54 Å². The Labute approximate surface area is 181 Å². The molecular weight excluding hydrogens is 392 g/mol. The fraction of sp³-hybridized carbons (Fsp3) is 0.125. The lowest BCUT2D eigenvalue weighted by atomic mass is 10.1. The fourth-order valence-electron chi connectivity index (χ4n) is 3.01. The summed E-state index contributed by atoms with van der Waals surface area (Å²) in [5, 5.41) is 10.4. The van der Waals surface area contributed by atoms with Crippen molar-refractivity contribution < 1.29 is 14.3 Å². The topological polar surface area (TPSA) is 109 Å². The van der Waals surface area contributed by atoms with Gasteiger partial charge in [0.2, 0.25) is 5.91 Å². The average Bonchev–Trinajstić information content (AvgIpc) is 2.81. The summed E-state index contributed by atoms with van der Waals surface area (Å²) in [6.07, 6.45) is 0. The van der Waals surface area contributed by atoms with E-state index in [1.165, 1.54) is 4.90 Å². The molecule has 0 heterocycles. The highest BCUT2D eigenvalue weighted by Gasteiger charge is 2.21. The Morgan fingerprint density at radius 1 is 0.968 bits per heavy atom.